The van der Waals surface area contributed by atoms with Gasteiger partial charge in [-0.3, -0.25) is 4.79 Å². The first-order valence-corrected chi connectivity index (χ1v) is 13.1. The molecule has 5 nitrogen and oxygen atoms in total. The summed E-state index contributed by atoms with van der Waals surface area (Å²) in [6.07, 6.45) is 4.12. The van der Waals surface area contributed by atoms with Crippen LogP contribution in [0.5, 0.6) is 0 Å². The van der Waals surface area contributed by atoms with E-state index in [0.29, 0.717) is 11.0 Å². The summed E-state index contributed by atoms with van der Waals surface area (Å²) in [5.74, 6) is 0.392. The average Bonchev–Trinajstić information content (AvgIpc) is 3.25. The molecule has 1 atom stereocenters. The number of carbonyl (C=O) groups excluding carboxylic acids is 1. The number of nitrogens with zero attached hydrogens (tertiary/aromatic N) is 4. The number of anilines is 2. The monoisotopic (exact) mass is 544 g/mol. The largest absolute Gasteiger partial charge is 0.292 e. The highest BCUT2D eigenvalue weighted by Crippen LogP contribution is 2.48. The number of hydrogen-bond donors (Lipinski definition) is 0. The van der Waals surface area contributed by atoms with E-state index in [2.05, 4.69) is 60.1 Å². The van der Waals surface area contributed by atoms with Gasteiger partial charge in [0.05, 0.1) is 17.1 Å². The van der Waals surface area contributed by atoms with Crippen LogP contribution in [0.3, 0.4) is 0 Å². The molecule has 0 bridgehead atoms. The summed E-state index contributed by atoms with van der Waals surface area (Å²) in [4.78, 5) is 11.6. The van der Waals surface area contributed by atoms with Crippen LogP contribution >= 0.6 is 27.7 Å². The second-order valence-electron chi connectivity index (χ2n) is 8.75. The van der Waals surface area contributed by atoms with Crippen LogP contribution in [0.1, 0.15) is 37.8 Å². The SMILES string of the molecule is CC(=O)C1=NN(c2ccc(Br)cc2)C2(C=CC(c3ccc(C(C)C)cc3)=NN2c2ccccc2)S1. The van der Waals surface area contributed by atoms with Crippen molar-refractivity contribution in [3.05, 3.63) is 107 Å². The number of benzene rings is 3. The second-order valence-corrected chi connectivity index (χ2v) is 10.9. The molecule has 1 spiro atoms. The van der Waals surface area contributed by atoms with Crippen LogP contribution in [0, 0.1) is 0 Å². The highest BCUT2D eigenvalue weighted by molar-refractivity contribution is 9.10. The topological polar surface area (TPSA) is 48.3 Å². The summed E-state index contributed by atoms with van der Waals surface area (Å²) in [7, 11) is 0. The molecule has 7 heteroatoms. The van der Waals surface area contributed by atoms with Crippen molar-refractivity contribution in [1.82, 2.24) is 0 Å². The van der Waals surface area contributed by atoms with Crippen LogP contribution < -0.4 is 10.0 Å². The van der Waals surface area contributed by atoms with Crippen LogP contribution in [-0.4, -0.2) is 21.5 Å². The molecule has 1 unspecified atom stereocenters. The highest BCUT2D eigenvalue weighted by Gasteiger charge is 2.50. The van der Waals surface area contributed by atoms with Gasteiger partial charge in [-0.25, -0.2) is 10.0 Å². The standard InChI is InChI=1S/C28H25BrN4OS/c1-19(2)21-9-11-22(12-10-21)26-17-18-28(32(30-26)24-7-5-4-6-8-24)33(31-27(35-28)20(3)34)25-15-13-23(29)14-16-25/h4-19H,1-3H3. The van der Waals surface area contributed by atoms with Crippen molar-refractivity contribution < 1.29 is 4.79 Å². The van der Waals surface area contributed by atoms with Gasteiger partial charge in [0.25, 0.3) is 0 Å². The van der Waals surface area contributed by atoms with Gasteiger partial charge in [-0.05, 0) is 71.8 Å². The molecule has 2 aliphatic heterocycles. The summed E-state index contributed by atoms with van der Waals surface area (Å²) in [6, 6.07) is 26.5. The molecule has 35 heavy (non-hydrogen) atoms. The number of allylic oxidation sites excluding steroid dienone is 1. The van der Waals surface area contributed by atoms with Crippen molar-refractivity contribution in [3.63, 3.8) is 0 Å². The number of thioether (sulfide) groups is 1. The van der Waals surface area contributed by atoms with Crippen LogP contribution in [0.4, 0.5) is 11.4 Å². The Bertz CT molecular complexity index is 1330. The van der Waals surface area contributed by atoms with Crippen molar-refractivity contribution >= 4 is 55.6 Å². The van der Waals surface area contributed by atoms with Crippen LogP contribution in [0.2, 0.25) is 0 Å². The quantitative estimate of drug-likeness (QED) is 0.341. The lowest BCUT2D eigenvalue weighted by Gasteiger charge is -2.43. The smallest absolute Gasteiger partial charge is 0.227 e. The molecule has 0 saturated heterocycles. The zero-order chi connectivity index (χ0) is 24.6. The number of carbonyl (C=O) groups is 1. The number of halogens is 1. The van der Waals surface area contributed by atoms with Crippen molar-refractivity contribution in [2.45, 2.75) is 31.7 Å². The van der Waals surface area contributed by atoms with Crippen molar-refractivity contribution in [2.24, 2.45) is 10.2 Å². The Balaban J connectivity index is 1.63. The average molecular weight is 546 g/mol. The van der Waals surface area contributed by atoms with E-state index in [4.69, 9.17) is 10.2 Å². The molecule has 0 aliphatic carbocycles. The fourth-order valence-corrected chi connectivity index (χ4v) is 5.47. The number of ketones is 1. The number of para-hydroxylation sites is 1. The molecule has 0 saturated carbocycles. The van der Waals surface area contributed by atoms with Crippen LogP contribution in [0.25, 0.3) is 0 Å². The Kier molecular flexibility index (Phi) is 6.38. The summed E-state index contributed by atoms with van der Waals surface area (Å²) in [5.41, 5.74) is 4.94. The lowest BCUT2D eigenvalue weighted by Crippen LogP contribution is -2.53. The Hall–Kier alpha value is -3.16. The second kappa shape index (κ2) is 9.47. The number of hydrogen-bond acceptors (Lipinski definition) is 6. The predicted molar refractivity (Wildman–Crippen MR) is 150 cm³/mol. The molecular weight excluding hydrogens is 520 g/mol. The third kappa shape index (κ3) is 4.46. The Labute approximate surface area is 218 Å². The van der Waals surface area contributed by atoms with E-state index < -0.39 is 4.99 Å². The van der Waals surface area contributed by atoms with E-state index in [1.54, 1.807) is 6.92 Å². The van der Waals surface area contributed by atoms with Crippen molar-refractivity contribution in [1.29, 1.82) is 0 Å². The molecular formula is C28H25BrN4OS. The minimum atomic E-state index is -0.864. The van der Waals surface area contributed by atoms with Gasteiger partial charge in [0.1, 0.15) is 0 Å². The molecule has 176 valence electrons. The molecule has 5 rings (SSSR count). The van der Waals surface area contributed by atoms with Crippen molar-refractivity contribution in [2.75, 3.05) is 10.0 Å². The molecule has 0 radical (unpaired) electrons. The van der Waals surface area contributed by atoms with Crippen LogP contribution in [-0.2, 0) is 4.79 Å². The van der Waals surface area contributed by atoms with Gasteiger partial charge in [-0.15, -0.1) is 0 Å². The molecule has 0 fully saturated rings. The summed E-state index contributed by atoms with van der Waals surface area (Å²) in [6.45, 7) is 5.93. The van der Waals surface area contributed by atoms with Crippen molar-refractivity contribution in [3.8, 4) is 0 Å². The minimum Gasteiger partial charge on any atom is -0.292 e. The van der Waals surface area contributed by atoms with Gasteiger partial charge in [0, 0.05) is 17.0 Å². The van der Waals surface area contributed by atoms with E-state index in [9.17, 15) is 4.79 Å². The molecule has 0 N–H and O–H groups in total. The number of rotatable bonds is 5. The lowest BCUT2D eigenvalue weighted by molar-refractivity contribution is -0.110. The Morgan fingerprint density at radius 3 is 2.14 bits per heavy atom. The van der Waals surface area contributed by atoms with Gasteiger partial charge in [0.2, 0.25) is 4.99 Å². The maximum absolute atomic E-state index is 12.5. The van der Waals surface area contributed by atoms with Gasteiger partial charge < -0.3 is 0 Å². The third-order valence-corrected chi connectivity index (χ3v) is 7.83. The van der Waals surface area contributed by atoms with Gasteiger partial charge in [-0.2, -0.15) is 10.2 Å². The molecule has 3 aromatic rings. The lowest BCUT2D eigenvalue weighted by atomic mass is 10.00. The van der Waals surface area contributed by atoms with E-state index in [1.165, 1.54) is 17.3 Å². The van der Waals surface area contributed by atoms with E-state index >= 15 is 0 Å². The minimum absolute atomic E-state index is 0.0746. The molecule has 3 aromatic carbocycles. The van der Waals surface area contributed by atoms with Gasteiger partial charge >= 0.3 is 0 Å². The number of hydrazone groups is 2. The summed E-state index contributed by atoms with van der Waals surface area (Å²) in [5, 5.41) is 14.2. The molecule has 2 heterocycles. The first-order chi connectivity index (χ1) is 16.9. The Morgan fingerprint density at radius 2 is 1.51 bits per heavy atom. The Morgan fingerprint density at radius 1 is 0.886 bits per heavy atom. The first kappa shape index (κ1) is 23.6. The third-order valence-electron chi connectivity index (χ3n) is 5.96. The van der Waals surface area contributed by atoms with E-state index in [1.807, 2.05) is 70.7 Å². The van der Waals surface area contributed by atoms with Crippen LogP contribution in [0.15, 0.2) is 106 Å². The fourth-order valence-electron chi connectivity index (χ4n) is 4.05. The summed E-state index contributed by atoms with van der Waals surface area (Å²) >= 11 is 4.92. The zero-order valence-corrected chi connectivity index (χ0v) is 22.1. The molecule has 0 aromatic heterocycles. The maximum Gasteiger partial charge on any atom is 0.227 e. The molecule has 0 amide bonds. The van der Waals surface area contributed by atoms with Gasteiger partial charge in [-0.1, -0.05) is 72.2 Å². The molecule has 2 aliphatic rings. The summed E-state index contributed by atoms with van der Waals surface area (Å²) < 4.78 is 0.974. The fraction of sp³-hybridized carbons (Fsp3) is 0.179. The highest BCUT2D eigenvalue weighted by atomic mass is 79.9. The first-order valence-electron chi connectivity index (χ1n) is 11.5. The van der Waals surface area contributed by atoms with Gasteiger partial charge in [0.15, 0.2) is 10.8 Å². The van der Waals surface area contributed by atoms with E-state index in [0.717, 1.165) is 27.1 Å². The zero-order valence-electron chi connectivity index (χ0n) is 19.7. The normalized spacial score (nSPS) is 19.3. The maximum atomic E-state index is 12.5. The van der Waals surface area contributed by atoms with E-state index in [-0.39, 0.29) is 5.78 Å². The number of Topliss-reactive ketones (excluding diaryl/α,β-unsaturated/α-hetero) is 1. The predicted octanol–water partition coefficient (Wildman–Crippen LogP) is 7.16.